The number of hydrogen-bond acceptors (Lipinski definition) is 5. The van der Waals surface area contributed by atoms with E-state index in [9.17, 15) is 4.79 Å². The third-order valence-electron chi connectivity index (χ3n) is 5.62. The van der Waals surface area contributed by atoms with Gasteiger partial charge in [-0.2, -0.15) is 0 Å². The van der Waals surface area contributed by atoms with E-state index in [2.05, 4.69) is 11.9 Å². The summed E-state index contributed by atoms with van der Waals surface area (Å²) < 4.78 is 12.6. The maximum Gasteiger partial charge on any atom is 0.330 e. The molecule has 0 radical (unpaired) electrons. The number of ether oxygens (including phenoxy) is 2. The van der Waals surface area contributed by atoms with Crippen molar-refractivity contribution < 1.29 is 14.3 Å². The molecule has 0 spiro atoms. The maximum atomic E-state index is 11.9. The summed E-state index contributed by atoms with van der Waals surface area (Å²) in [7, 11) is 1.34. The summed E-state index contributed by atoms with van der Waals surface area (Å²) in [6.07, 6.45) is 9.89. The maximum absolute atomic E-state index is 11.9. The number of imidazole rings is 1. The van der Waals surface area contributed by atoms with E-state index in [1.807, 2.05) is 59.3 Å². The number of methoxy groups -OCH3 is 1. The Bertz CT molecular complexity index is 992. The van der Waals surface area contributed by atoms with Gasteiger partial charge in [0.2, 0.25) is 0 Å². The summed E-state index contributed by atoms with van der Waals surface area (Å²) in [6.45, 7) is 4.62. The second-order valence-electron chi connectivity index (χ2n) is 8.19. The zero-order valence-corrected chi connectivity index (χ0v) is 19.2. The fourth-order valence-corrected chi connectivity index (χ4v) is 3.54. The zero-order chi connectivity index (χ0) is 23.0. The van der Waals surface area contributed by atoms with Gasteiger partial charge >= 0.3 is 5.97 Å². The van der Waals surface area contributed by atoms with Crippen molar-refractivity contribution >= 4 is 5.97 Å². The number of unbranched alkanes of at least 4 members (excludes halogenated alkanes) is 4. The van der Waals surface area contributed by atoms with Gasteiger partial charge in [0.25, 0.3) is 0 Å². The van der Waals surface area contributed by atoms with Gasteiger partial charge in [-0.05, 0) is 55.3 Å². The standard InChI is InChI=1S/C26H33N3O3/c1-4-5-6-7-8-17-32-23-15-9-20(10-16-23)24-18-29(19-28-24)22-13-11-21(12-14-22)26(2,27)25(30)31-3/h9-16,18-19H,4-8,17,27H2,1-3H3/t26-/m0/s1. The SMILES string of the molecule is CCCCCCCOc1ccc(-c2cn(-c3ccc([C@](C)(N)C(=O)OC)cc3)cn2)cc1. The Hall–Kier alpha value is -3.12. The number of nitrogens with zero attached hydrogens (tertiary/aromatic N) is 2. The number of nitrogens with two attached hydrogens (primary N) is 1. The van der Waals surface area contributed by atoms with Gasteiger partial charge in [0.1, 0.15) is 11.3 Å². The smallest absolute Gasteiger partial charge is 0.330 e. The highest BCUT2D eigenvalue weighted by Gasteiger charge is 2.31. The van der Waals surface area contributed by atoms with E-state index in [1.54, 1.807) is 13.3 Å². The summed E-state index contributed by atoms with van der Waals surface area (Å²) >= 11 is 0. The Labute approximate surface area is 190 Å². The molecule has 6 heteroatoms. The molecular formula is C26H33N3O3. The van der Waals surface area contributed by atoms with Crippen LogP contribution in [-0.4, -0.2) is 29.2 Å². The third-order valence-corrected chi connectivity index (χ3v) is 5.62. The van der Waals surface area contributed by atoms with Crippen LogP contribution in [0.4, 0.5) is 0 Å². The average Bonchev–Trinajstić information content (AvgIpc) is 3.31. The molecule has 0 saturated carbocycles. The van der Waals surface area contributed by atoms with E-state index in [0.29, 0.717) is 5.56 Å². The van der Waals surface area contributed by atoms with Crippen molar-refractivity contribution in [3.05, 3.63) is 66.6 Å². The molecule has 170 valence electrons. The van der Waals surface area contributed by atoms with E-state index in [1.165, 1.54) is 32.8 Å². The van der Waals surface area contributed by atoms with Gasteiger partial charge in [-0.1, -0.05) is 44.7 Å². The lowest BCUT2D eigenvalue weighted by atomic mass is 9.93. The quantitative estimate of drug-likeness (QED) is 0.329. The van der Waals surface area contributed by atoms with E-state index < -0.39 is 11.5 Å². The van der Waals surface area contributed by atoms with Crippen LogP contribution in [0, 0.1) is 0 Å². The number of carbonyl (C=O) groups is 1. The molecule has 0 aliphatic carbocycles. The first-order valence-electron chi connectivity index (χ1n) is 11.2. The van der Waals surface area contributed by atoms with Gasteiger partial charge in [0, 0.05) is 17.4 Å². The Morgan fingerprint density at radius 1 is 1.03 bits per heavy atom. The van der Waals surface area contributed by atoms with Crippen LogP contribution in [0.25, 0.3) is 16.9 Å². The van der Waals surface area contributed by atoms with Crippen LogP contribution in [0.1, 0.15) is 51.5 Å². The summed E-state index contributed by atoms with van der Waals surface area (Å²) in [6, 6.07) is 15.5. The minimum atomic E-state index is -1.19. The highest BCUT2D eigenvalue weighted by Crippen LogP contribution is 2.24. The average molecular weight is 436 g/mol. The number of aromatic nitrogens is 2. The van der Waals surface area contributed by atoms with Crippen molar-refractivity contribution in [1.29, 1.82) is 0 Å². The van der Waals surface area contributed by atoms with Crippen LogP contribution in [0.3, 0.4) is 0 Å². The summed E-state index contributed by atoms with van der Waals surface area (Å²) in [5.74, 6) is 0.411. The number of benzene rings is 2. The molecule has 1 heterocycles. The lowest BCUT2D eigenvalue weighted by Gasteiger charge is -2.22. The molecule has 3 aromatic rings. The number of hydrogen-bond donors (Lipinski definition) is 1. The van der Waals surface area contributed by atoms with Crippen LogP contribution in [0.15, 0.2) is 61.1 Å². The van der Waals surface area contributed by atoms with Gasteiger partial charge < -0.3 is 19.8 Å². The highest BCUT2D eigenvalue weighted by atomic mass is 16.5. The van der Waals surface area contributed by atoms with Crippen molar-refractivity contribution in [2.24, 2.45) is 5.73 Å². The summed E-state index contributed by atoms with van der Waals surface area (Å²) in [4.78, 5) is 16.4. The van der Waals surface area contributed by atoms with Crippen LogP contribution in [0.2, 0.25) is 0 Å². The molecular weight excluding hydrogens is 402 g/mol. The van der Waals surface area contributed by atoms with E-state index in [-0.39, 0.29) is 0 Å². The Kier molecular flexibility index (Phi) is 8.06. The predicted molar refractivity (Wildman–Crippen MR) is 127 cm³/mol. The Balaban J connectivity index is 1.61. The Morgan fingerprint density at radius 2 is 1.72 bits per heavy atom. The van der Waals surface area contributed by atoms with Gasteiger partial charge in [0.05, 0.1) is 25.7 Å². The van der Waals surface area contributed by atoms with Crippen LogP contribution in [0.5, 0.6) is 5.75 Å². The first-order valence-corrected chi connectivity index (χ1v) is 11.2. The molecule has 0 saturated heterocycles. The van der Waals surface area contributed by atoms with Crippen molar-refractivity contribution in [3.63, 3.8) is 0 Å². The summed E-state index contributed by atoms with van der Waals surface area (Å²) in [5.41, 5.74) is 8.45. The second-order valence-corrected chi connectivity index (χ2v) is 8.19. The highest BCUT2D eigenvalue weighted by molar-refractivity contribution is 5.81. The Morgan fingerprint density at radius 3 is 2.38 bits per heavy atom. The molecule has 0 aliphatic heterocycles. The molecule has 0 unspecified atom stereocenters. The molecule has 1 atom stereocenters. The van der Waals surface area contributed by atoms with Crippen LogP contribution < -0.4 is 10.5 Å². The molecule has 3 rings (SSSR count). The van der Waals surface area contributed by atoms with E-state index >= 15 is 0 Å². The van der Waals surface area contributed by atoms with Crippen LogP contribution >= 0.6 is 0 Å². The van der Waals surface area contributed by atoms with Gasteiger partial charge in [-0.25, -0.2) is 9.78 Å². The largest absolute Gasteiger partial charge is 0.494 e. The van der Waals surface area contributed by atoms with Crippen LogP contribution in [-0.2, 0) is 15.1 Å². The molecule has 2 N–H and O–H groups in total. The molecule has 2 aromatic carbocycles. The van der Waals surface area contributed by atoms with Crippen molar-refractivity contribution in [2.75, 3.05) is 13.7 Å². The number of rotatable bonds is 11. The first-order chi connectivity index (χ1) is 15.5. The van der Waals surface area contributed by atoms with Gasteiger partial charge in [-0.3, -0.25) is 0 Å². The van der Waals surface area contributed by atoms with E-state index in [4.69, 9.17) is 15.2 Å². The molecule has 0 fully saturated rings. The van der Waals surface area contributed by atoms with Crippen molar-refractivity contribution in [3.8, 4) is 22.7 Å². The second kappa shape index (κ2) is 11.0. The van der Waals surface area contributed by atoms with Crippen molar-refractivity contribution in [1.82, 2.24) is 9.55 Å². The van der Waals surface area contributed by atoms with Gasteiger partial charge in [-0.15, -0.1) is 0 Å². The topological polar surface area (TPSA) is 79.4 Å². The normalized spacial score (nSPS) is 12.9. The van der Waals surface area contributed by atoms with Gasteiger partial charge in [0.15, 0.2) is 0 Å². The fraction of sp³-hybridized carbons (Fsp3) is 0.385. The predicted octanol–water partition coefficient (Wildman–Crippen LogP) is 5.24. The minimum Gasteiger partial charge on any atom is -0.494 e. The first kappa shape index (κ1) is 23.5. The lowest BCUT2D eigenvalue weighted by molar-refractivity contribution is -0.146. The molecule has 0 aliphatic rings. The number of carbonyl (C=O) groups excluding carboxylic acids is 1. The molecule has 32 heavy (non-hydrogen) atoms. The molecule has 1 aromatic heterocycles. The number of esters is 1. The minimum absolute atomic E-state index is 0.473. The molecule has 0 amide bonds. The monoisotopic (exact) mass is 435 g/mol. The van der Waals surface area contributed by atoms with E-state index in [0.717, 1.165) is 35.7 Å². The zero-order valence-electron chi connectivity index (χ0n) is 19.2. The molecule has 0 bridgehead atoms. The van der Waals surface area contributed by atoms with Crippen molar-refractivity contribution in [2.45, 2.75) is 51.5 Å². The third kappa shape index (κ3) is 5.77. The summed E-state index contributed by atoms with van der Waals surface area (Å²) in [5, 5.41) is 0. The fourth-order valence-electron chi connectivity index (χ4n) is 3.54. The molecule has 6 nitrogen and oxygen atoms in total. The lowest BCUT2D eigenvalue weighted by Crippen LogP contribution is -2.42.